The van der Waals surface area contributed by atoms with E-state index in [0.717, 1.165) is 28.2 Å². The van der Waals surface area contributed by atoms with Crippen LogP contribution in [0.25, 0.3) is 45.3 Å². The maximum atomic E-state index is 6.64. The van der Waals surface area contributed by atoms with E-state index in [9.17, 15) is 0 Å². The fraction of sp³-hybridized carbons (Fsp3) is 0.0714. The largest absolute Gasteiger partial charge is 0.456 e. The van der Waals surface area contributed by atoms with Crippen molar-refractivity contribution in [2.24, 2.45) is 0 Å². The Hall–Kier alpha value is -5.44. The quantitative estimate of drug-likeness (QED) is 0.184. The Kier molecular flexibility index (Phi) is 6.41. The average molecular weight is 624 g/mol. The van der Waals surface area contributed by atoms with Crippen LogP contribution in [0.15, 0.2) is 146 Å². The molecule has 47 heavy (non-hydrogen) atoms. The van der Waals surface area contributed by atoms with Gasteiger partial charge in [0.2, 0.25) is 0 Å². The average Bonchev–Trinajstić information content (AvgIpc) is 3.35. The van der Waals surface area contributed by atoms with Gasteiger partial charge in [-0.15, -0.1) is 0 Å². The molecule has 1 atom stereocenters. The Balaban J connectivity index is 1.22. The van der Waals surface area contributed by atoms with Crippen molar-refractivity contribution in [3.63, 3.8) is 0 Å². The molecule has 1 aliphatic carbocycles. The fourth-order valence-electron chi connectivity index (χ4n) is 6.93. The number of para-hydroxylation sites is 1. The summed E-state index contributed by atoms with van der Waals surface area (Å²) in [5.41, 5.74) is 7.72. The third-order valence-electron chi connectivity index (χ3n) is 9.29. The van der Waals surface area contributed by atoms with Gasteiger partial charge in [0, 0.05) is 32.7 Å². The first-order chi connectivity index (χ1) is 23.0. The van der Waals surface area contributed by atoms with E-state index in [2.05, 4.69) is 98.8 Å². The zero-order valence-corrected chi connectivity index (χ0v) is 26.9. The lowest BCUT2D eigenvalue weighted by molar-refractivity contribution is 0.486. The third-order valence-corrected chi connectivity index (χ3v) is 11.8. The van der Waals surface area contributed by atoms with Crippen LogP contribution >= 0.6 is 7.92 Å². The second-order valence-corrected chi connectivity index (χ2v) is 14.7. The Morgan fingerprint density at radius 2 is 1.02 bits per heavy atom. The molecule has 1 unspecified atom stereocenters. The maximum Gasteiger partial charge on any atom is 0.164 e. The van der Waals surface area contributed by atoms with Gasteiger partial charge in [-0.1, -0.05) is 135 Å². The summed E-state index contributed by atoms with van der Waals surface area (Å²) in [6.45, 7) is 4.62. The van der Waals surface area contributed by atoms with Crippen LogP contribution in [0.1, 0.15) is 25.0 Å². The van der Waals surface area contributed by atoms with Crippen LogP contribution in [0.3, 0.4) is 0 Å². The number of aromatic nitrogens is 3. The molecule has 2 aliphatic rings. The summed E-state index contributed by atoms with van der Waals surface area (Å²) in [7, 11) is -0.795. The molecule has 224 valence electrons. The van der Waals surface area contributed by atoms with Gasteiger partial charge in [0.05, 0.1) is 0 Å². The Labute approximate surface area is 275 Å². The molecule has 4 nitrogen and oxygen atoms in total. The van der Waals surface area contributed by atoms with Crippen molar-refractivity contribution in [2.75, 3.05) is 0 Å². The minimum atomic E-state index is -0.795. The van der Waals surface area contributed by atoms with Gasteiger partial charge in [-0.25, -0.2) is 15.0 Å². The second kappa shape index (κ2) is 10.8. The van der Waals surface area contributed by atoms with Crippen molar-refractivity contribution < 1.29 is 4.74 Å². The van der Waals surface area contributed by atoms with E-state index in [-0.39, 0.29) is 5.41 Å². The molecule has 0 radical (unpaired) electrons. The van der Waals surface area contributed by atoms with Gasteiger partial charge in [-0.05, 0) is 59.7 Å². The summed E-state index contributed by atoms with van der Waals surface area (Å²) >= 11 is 0. The molecular formula is C42H30N3OP. The first kappa shape index (κ1) is 27.8. The Morgan fingerprint density at radius 3 is 1.68 bits per heavy atom. The van der Waals surface area contributed by atoms with Crippen molar-refractivity contribution in [1.29, 1.82) is 0 Å². The number of ether oxygens (including phenoxy) is 1. The highest BCUT2D eigenvalue weighted by Gasteiger charge is 2.39. The van der Waals surface area contributed by atoms with Crippen LogP contribution in [-0.4, -0.2) is 15.0 Å². The van der Waals surface area contributed by atoms with Crippen molar-refractivity contribution in [1.82, 2.24) is 15.0 Å². The van der Waals surface area contributed by atoms with Crippen LogP contribution in [0.2, 0.25) is 0 Å². The van der Waals surface area contributed by atoms with Crippen LogP contribution in [0.5, 0.6) is 11.5 Å². The van der Waals surface area contributed by atoms with E-state index < -0.39 is 7.92 Å². The van der Waals surface area contributed by atoms with E-state index in [4.69, 9.17) is 19.7 Å². The molecule has 2 heterocycles. The highest BCUT2D eigenvalue weighted by atomic mass is 31.1. The maximum absolute atomic E-state index is 6.64. The van der Waals surface area contributed by atoms with Gasteiger partial charge >= 0.3 is 0 Å². The summed E-state index contributed by atoms with van der Waals surface area (Å²) in [5.74, 6) is 3.89. The molecule has 0 N–H and O–H groups in total. The number of nitrogens with zero attached hydrogens (tertiary/aromatic N) is 3. The van der Waals surface area contributed by atoms with Gasteiger partial charge < -0.3 is 4.74 Å². The van der Waals surface area contributed by atoms with Crippen molar-refractivity contribution >= 4 is 23.8 Å². The van der Waals surface area contributed by atoms with Crippen molar-refractivity contribution in [2.45, 2.75) is 19.3 Å². The van der Waals surface area contributed by atoms with Crippen molar-refractivity contribution in [3.05, 3.63) is 157 Å². The molecule has 0 spiro atoms. The van der Waals surface area contributed by atoms with Gasteiger partial charge in [-0.2, -0.15) is 0 Å². The predicted octanol–water partition coefficient (Wildman–Crippen LogP) is 9.04. The van der Waals surface area contributed by atoms with Gasteiger partial charge in [-0.3, -0.25) is 0 Å². The van der Waals surface area contributed by atoms with Gasteiger partial charge in [0.1, 0.15) is 11.5 Å². The van der Waals surface area contributed by atoms with Gasteiger partial charge in [0.15, 0.2) is 17.5 Å². The molecule has 0 fully saturated rings. The molecule has 6 aromatic carbocycles. The predicted molar refractivity (Wildman–Crippen MR) is 192 cm³/mol. The molecule has 0 amide bonds. The Bertz CT molecular complexity index is 2250. The van der Waals surface area contributed by atoms with Crippen LogP contribution in [0, 0.1) is 0 Å². The van der Waals surface area contributed by atoms with E-state index >= 15 is 0 Å². The van der Waals surface area contributed by atoms with E-state index in [0.29, 0.717) is 17.5 Å². The summed E-state index contributed by atoms with van der Waals surface area (Å²) in [4.78, 5) is 15.0. The minimum absolute atomic E-state index is 0.197. The number of rotatable bonds is 4. The zero-order chi connectivity index (χ0) is 31.5. The second-order valence-electron chi connectivity index (χ2n) is 12.5. The zero-order valence-electron chi connectivity index (χ0n) is 26.1. The molecule has 1 aliphatic heterocycles. The first-order valence-corrected chi connectivity index (χ1v) is 17.2. The lowest BCUT2D eigenvalue weighted by Gasteiger charge is -2.30. The fourth-order valence-corrected chi connectivity index (χ4v) is 9.38. The SMILES string of the molecule is CC1(C)c2ccc(-c3nc(-c4ccccc4)nc(-c4ccccc4)n3)cc2-c2cc3c(cc21)Oc1ccccc1P3c1ccccc1. The smallest absolute Gasteiger partial charge is 0.164 e. The number of hydrogen-bond acceptors (Lipinski definition) is 4. The summed E-state index contributed by atoms with van der Waals surface area (Å²) in [6, 6.07) is 51.0. The standard InChI is InChI=1S/C42H30N3OP/c1-42(2)33-23-22-29(41-44-39(27-14-6-3-7-15-27)43-40(45-41)28-16-8-4-9-17-28)24-31(33)32-25-38-36(26-34(32)42)46-35-20-12-13-21-37(35)47(38)30-18-10-5-11-19-30/h3-26H,1-2H3. The number of benzene rings is 6. The molecular weight excluding hydrogens is 593 g/mol. The summed E-state index contributed by atoms with van der Waals surface area (Å²) in [6.07, 6.45) is 0. The molecule has 0 saturated carbocycles. The summed E-state index contributed by atoms with van der Waals surface area (Å²) in [5, 5.41) is 3.81. The Morgan fingerprint density at radius 1 is 0.468 bits per heavy atom. The van der Waals surface area contributed by atoms with Crippen LogP contribution < -0.4 is 20.7 Å². The molecule has 9 rings (SSSR count). The van der Waals surface area contributed by atoms with E-state index in [1.54, 1.807) is 0 Å². The third kappa shape index (κ3) is 4.60. The topological polar surface area (TPSA) is 47.9 Å². The van der Waals surface area contributed by atoms with Crippen molar-refractivity contribution in [3.8, 4) is 56.8 Å². The number of fused-ring (bicyclic) bond motifs is 5. The van der Waals surface area contributed by atoms with E-state index in [1.807, 2.05) is 60.7 Å². The molecule has 1 aromatic heterocycles. The molecule has 0 saturated heterocycles. The summed E-state index contributed by atoms with van der Waals surface area (Å²) < 4.78 is 6.64. The molecule has 5 heteroatoms. The lowest BCUT2D eigenvalue weighted by Crippen LogP contribution is -2.27. The number of hydrogen-bond donors (Lipinski definition) is 0. The van der Waals surface area contributed by atoms with Crippen LogP contribution in [-0.2, 0) is 5.41 Å². The normalized spacial score (nSPS) is 15.1. The van der Waals surface area contributed by atoms with Gasteiger partial charge in [0.25, 0.3) is 0 Å². The molecule has 7 aromatic rings. The highest BCUT2D eigenvalue weighted by Crippen LogP contribution is 2.54. The first-order valence-electron chi connectivity index (χ1n) is 15.9. The highest BCUT2D eigenvalue weighted by molar-refractivity contribution is 7.80. The lowest BCUT2D eigenvalue weighted by atomic mass is 9.82. The monoisotopic (exact) mass is 623 g/mol. The minimum Gasteiger partial charge on any atom is -0.456 e. The van der Waals surface area contributed by atoms with Crippen LogP contribution in [0.4, 0.5) is 0 Å². The van der Waals surface area contributed by atoms with E-state index in [1.165, 1.54) is 38.2 Å². The molecule has 0 bridgehead atoms.